The fourth-order valence-corrected chi connectivity index (χ4v) is 4.69. The number of carbonyl (C=O) groups excluding carboxylic acids is 2. The van der Waals surface area contributed by atoms with Gasteiger partial charge in [0.15, 0.2) is 0 Å². The van der Waals surface area contributed by atoms with Crippen molar-refractivity contribution < 1.29 is 22.7 Å². The van der Waals surface area contributed by atoms with Crippen LogP contribution >= 0.6 is 0 Å². The molecule has 0 saturated heterocycles. The third kappa shape index (κ3) is 7.50. The molecule has 0 aromatic heterocycles. The third-order valence-electron chi connectivity index (χ3n) is 5.57. The number of nitrogens with one attached hydrogen (secondary N) is 2. The standard InChI is InChI=1S/C28H32N4O5S/c1-4-37-26(29)22-9-7-8-20(16-22)18-32(17-19(2)3)28(34)27(33)31-23-14-12-21(13-15-23)24-10-5-6-11-25(24)38(30,35)36/h5-16,19,29H,4,17-18H2,1-3H3,(H,31,33)(H2,30,35,36). The maximum atomic E-state index is 13.1. The van der Waals surface area contributed by atoms with Crippen LogP contribution in [0.25, 0.3) is 11.1 Å². The minimum Gasteiger partial charge on any atom is -0.478 e. The molecule has 0 aliphatic rings. The van der Waals surface area contributed by atoms with Crippen LogP contribution in [0.5, 0.6) is 0 Å². The summed E-state index contributed by atoms with van der Waals surface area (Å²) in [7, 11) is -3.92. The van der Waals surface area contributed by atoms with Crippen LogP contribution in [0, 0.1) is 11.3 Å². The summed E-state index contributed by atoms with van der Waals surface area (Å²) in [4.78, 5) is 27.5. The number of nitrogens with zero attached hydrogens (tertiary/aromatic N) is 1. The molecule has 0 aliphatic heterocycles. The molecular formula is C28H32N4O5S. The molecule has 0 radical (unpaired) electrons. The van der Waals surface area contributed by atoms with Gasteiger partial charge in [0.2, 0.25) is 15.9 Å². The quantitative estimate of drug-likeness (QED) is 0.215. The van der Waals surface area contributed by atoms with E-state index in [0.29, 0.717) is 35.5 Å². The van der Waals surface area contributed by atoms with Gasteiger partial charge in [0.05, 0.1) is 11.5 Å². The van der Waals surface area contributed by atoms with E-state index in [1.54, 1.807) is 67.6 Å². The summed E-state index contributed by atoms with van der Waals surface area (Å²) < 4.78 is 29.1. The number of anilines is 1. The minimum absolute atomic E-state index is 0.00301. The van der Waals surface area contributed by atoms with Crippen molar-refractivity contribution in [3.05, 3.63) is 83.9 Å². The highest BCUT2D eigenvalue weighted by Crippen LogP contribution is 2.27. The summed E-state index contributed by atoms with van der Waals surface area (Å²) in [6.07, 6.45) is 0. The van der Waals surface area contributed by atoms with E-state index in [-0.39, 0.29) is 23.3 Å². The second-order valence-electron chi connectivity index (χ2n) is 9.11. The lowest BCUT2D eigenvalue weighted by atomic mass is 10.1. The number of benzene rings is 3. The molecule has 0 atom stereocenters. The predicted molar refractivity (Wildman–Crippen MR) is 147 cm³/mol. The average molecular weight is 537 g/mol. The Morgan fingerprint density at radius 1 is 1.03 bits per heavy atom. The molecule has 4 N–H and O–H groups in total. The SMILES string of the molecule is CCOC(=N)c1cccc(CN(CC(C)C)C(=O)C(=O)Nc2ccc(-c3ccccc3S(N)(=O)=O)cc2)c1. The Hall–Kier alpha value is -4.02. The van der Waals surface area contributed by atoms with Crippen molar-refractivity contribution in [2.45, 2.75) is 32.2 Å². The monoisotopic (exact) mass is 536 g/mol. The first-order chi connectivity index (χ1) is 18.0. The number of ether oxygens (including phenoxy) is 1. The van der Waals surface area contributed by atoms with Crippen molar-refractivity contribution in [3.8, 4) is 11.1 Å². The van der Waals surface area contributed by atoms with Crippen molar-refractivity contribution in [1.29, 1.82) is 5.41 Å². The van der Waals surface area contributed by atoms with Crippen molar-refractivity contribution >= 4 is 33.4 Å². The van der Waals surface area contributed by atoms with Crippen molar-refractivity contribution in [3.63, 3.8) is 0 Å². The summed E-state index contributed by atoms with van der Waals surface area (Å²) in [5.74, 6) is -1.31. The van der Waals surface area contributed by atoms with Crippen LogP contribution in [-0.4, -0.2) is 44.2 Å². The highest BCUT2D eigenvalue weighted by atomic mass is 32.2. The van der Waals surface area contributed by atoms with Crippen molar-refractivity contribution in [2.24, 2.45) is 11.1 Å². The van der Waals surface area contributed by atoms with Crippen LogP contribution in [0.15, 0.2) is 77.7 Å². The normalized spacial score (nSPS) is 11.2. The molecule has 3 aromatic carbocycles. The average Bonchev–Trinajstić information content (AvgIpc) is 2.88. The van der Waals surface area contributed by atoms with Gasteiger partial charge in [-0.1, -0.05) is 56.3 Å². The molecule has 3 aromatic rings. The van der Waals surface area contributed by atoms with Crippen molar-refractivity contribution in [2.75, 3.05) is 18.5 Å². The van der Waals surface area contributed by atoms with E-state index in [1.807, 2.05) is 19.9 Å². The lowest BCUT2D eigenvalue weighted by Gasteiger charge is -2.24. The van der Waals surface area contributed by atoms with Crippen LogP contribution in [0.2, 0.25) is 0 Å². The summed E-state index contributed by atoms with van der Waals surface area (Å²) in [6, 6.07) is 20.0. The van der Waals surface area contributed by atoms with Gasteiger partial charge in [0, 0.05) is 29.9 Å². The molecule has 0 unspecified atom stereocenters. The molecule has 0 saturated carbocycles. The number of amides is 2. The molecule has 2 amide bonds. The van der Waals surface area contributed by atoms with Gasteiger partial charge in [-0.3, -0.25) is 15.0 Å². The van der Waals surface area contributed by atoms with Crippen LogP contribution in [0.1, 0.15) is 31.9 Å². The summed E-state index contributed by atoms with van der Waals surface area (Å²) in [6.45, 7) is 6.65. The van der Waals surface area contributed by atoms with Gasteiger partial charge in [0.25, 0.3) is 0 Å². The largest absolute Gasteiger partial charge is 0.478 e. The number of carbonyl (C=O) groups is 2. The lowest BCUT2D eigenvalue weighted by Crippen LogP contribution is -2.41. The van der Waals surface area contributed by atoms with E-state index >= 15 is 0 Å². The highest BCUT2D eigenvalue weighted by Gasteiger charge is 2.23. The minimum atomic E-state index is -3.92. The number of hydrogen-bond donors (Lipinski definition) is 3. The summed E-state index contributed by atoms with van der Waals surface area (Å²) in [5.41, 5.74) is 2.78. The van der Waals surface area contributed by atoms with Crippen LogP contribution < -0.4 is 10.5 Å². The predicted octanol–water partition coefficient (Wildman–Crippen LogP) is 3.99. The molecule has 0 aliphatic carbocycles. The molecule has 0 fully saturated rings. The maximum Gasteiger partial charge on any atom is 0.313 e. The number of sulfonamides is 1. The summed E-state index contributed by atoms with van der Waals surface area (Å²) in [5, 5.41) is 16.0. The van der Waals surface area contributed by atoms with Gasteiger partial charge in [-0.2, -0.15) is 0 Å². The topological polar surface area (TPSA) is 143 Å². The second-order valence-corrected chi connectivity index (χ2v) is 10.6. The van der Waals surface area contributed by atoms with E-state index in [4.69, 9.17) is 15.3 Å². The Morgan fingerprint density at radius 3 is 2.34 bits per heavy atom. The first-order valence-electron chi connectivity index (χ1n) is 12.1. The van der Waals surface area contributed by atoms with Gasteiger partial charge in [-0.25, -0.2) is 13.6 Å². The van der Waals surface area contributed by atoms with Gasteiger partial charge in [0.1, 0.15) is 0 Å². The van der Waals surface area contributed by atoms with Crippen LogP contribution in [-0.2, 0) is 30.9 Å². The Kier molecular flexibility index (Phi) is 9.38. The zero-order valence-electron chi connectivity index (χ0n) is 21.6. The number of hydrogen-bond acceptors (Lipinski definition) is 6. The van der Waals surface area contributed by atoms with E-state index in [1.165, 1.54) is 11.0 Å². The van der Waals surface area contributed by atoms with E-state index in [2.05, 4.69) is 5.32 Å². The Bertz CT molecular complexity index is 1420. The molecule has 0 bridgehead atoms. The second kappa shape index (κ2) is 12.5. The third-order valence-corrected chi connectivity index (χ3v) is 6.53. The molecule has 3 rings (SSSR count). The van der Waals surface area contributed by atoms with E-state index in [0.717, 1.165) is 5.56 Å². The lowest BCUT2D eigenvalue weighted by molar-refractivity contribution is -0.143. The van der Waals surface area contributed by atoms with Gasteiger partial charge in [-0.05, 0) is 54.3 Å². The highest BCUT2D eigenvalue weighted by molar-refractivity contribution is 7.89. The smallest absolute Gasteiger partial charge is 0.313 e. The number of primary sulfonamides is 1. The fourth-order valence-electron chi connectivity index (χ4n) is 3.93. The number of nitrogens with two attached hydrogens (primary N) is 1. The van der Waals surface area contributed by atoms with Gasteiger partial charge in [-0.15, -0.1) is 0 Å². The fraction of sp³-hybridized carbons (Fsp3) is 0.250. The zero-order valence-corrected chi connectivity index (χ0v) is 22.4. The molecule has 9 nitrogen and oxygen atoms in total. The Balaban J connectivity index is 1.76. The molecular weight excluding hydrogens is 504 g/mol. The molecule has 38 heavy (non-hydrogen) atoms. The zero-order chi connectivity index (χ0) is 27.9. The number of rotatable bonds is 9. The maximum absolute atomic E-state index is 13.1. The Labute approximate surface area is 223 Å². The van der Waals surface area contributed by atoms with Gasteiger partial charge < -0.3 is 15.0 Å². The molecule has 10 heteroatoms. The first-order valence-corrected chi connectivity index (χ1v) is 13.7. The molecule has 0 heterocycles. The summed E-state index contributed by atoms with van der Waals surface area (Å²) >= 11 is 0. The van der Waals surface area contributed by atoms with Crippen LogP contribution in [0.4, 0.5) is 5.69 Å². The van der Waals surface area contributed by atoms with Crippen LogP contribution in [0.3, 0.4) is 0 Å². The van der Waals surface area contributed by atoms with E-state index < -0.39 is 21.8 Å². The molecule has 200 valence electrons. The van der Waals surface area contributed by atoms with E-state index in [9.17, 15) is 18.0 Å². The Morgan fingerprint density at radius 2 is 1.71 bits per heavy atom. The molecule has 0 spiro atoms. The first kappa shape index (κ1) is 28.5. The van der Waals surface area contributed by atoms with Crippen molar-refractivity contribution in [1.82, 2.24) is 4.90 Å². The van der Waals surface area contributed by atoms with Gasteiger partial charge >= 0.3 is 11.8 Å².